The summed E-state index contributed by atoms with van der Waals surface area (Å²) in [5, 5.41) is 4.71. The lowest BCUT2D eigenvalue weighted by Crippen LogP contribution is -2.25. The zero-order valence-electron chi connectivity index (χ0n) is 12.8. The predicted octanol–water partition coefficient (Wildman–Crippen LogP) is 2.53. The van der Waals surface area contributed by atoms with Crippen LogP contribution in [-0.4, -0.2) is 36.1 Å². The highest BCUT2D eigenvalue weighted by Gasteiger charge is 2.23. The highest BCUT2D eigenvalue weighted by Crippen LogP contribution is 2.27. The van der Waals surface area contributed by atoms with E-state index < -0.39 is 0 Å². The summed E-state index contributed by atoms with van der Waals surface area (Å²) in [6.07, 6.45) is 1.32. The quantitative estimate of drug-likeness (QED) is 0.922. The Morgan fingerprint density at radius 3 is 2.85 bits per heavy atom. The van der Waals surface area contributed by atoms with Crippen molar-refractivity contribution in [2.24, 2.45) is 13.0 Å². The first-order valence-electron chi connectivity index (χ1n) is 7.60. The average Bonchev–Trinajstić information content (AvgIpc) is 2.99. The first-order valence-corrected chi connectivity index (χ1v) is 7.60. The van der Waals surface area contributed by atoms with Gasteiger partial charge in [-0.1, -0.05) is 18.2 Å². The van der Waals surface area contributed by atoms with Gasteiger partial charge in [-0.25, -0.2) is 0 Å². The molecule has 3 nitrogen and oxygen atoms in total. The SMILES string of the molecule is CNCC1CCN(Cc2c(C)c3ccccc3n2C)C1. The fourth-order valence-corrected chi connectivity index (χ4v) is 3.58. The zero-order valence-corrected chi connectivity index (χ0v) is 12.8. The van der Waals surface area contributed by atoms with Crippen molar-refractivity contribution in [2.45, 2.75) is 19.9 Å². The van der Waals surface area contributed by atoms with Crippen molar-refractivity contribution in [1.29, 1.82) is 0 Å². The van der Waals surface area contributed by atoms with E-state index in [0.717, 1.165) is 19.0 Å². The van der Waals surface area contributed by atoms with Gasteiger partial charge in [0.15, 0.2) is 0 Å². The lowest BCUT2D eigenvalue weighted by atomic mass is 10.1. The van der Waals surface area contributed by atoms with Crippen LogP contribution in [0.1, 0.15) is 17.7 Å². The van der Waals surface area contributed by atoms with Crippen molar-refractivity contribution in [3.8, 4) is 0 Å². The largest absolute Gasteiger partial charge is 0.346 e. The molecule has 0 amide bonds. The molecule has 2 heterocycles. The van der Waals surface area contributed by atoms with Crippen LogP contribution in [0.3, 0.4) is 0 Å². The normalized spacial score (nSPS) is 20.1. The second kappa shape index (κ2) is 5.58. The molecule has 3 heteroatoms. The fraction of sp³-hybridized carbons (Fsp3) is 0.529. The number of hydrogen-bond donors (Lipinski definition) is 1. The molecule has 0 bridgehead atoms. The lowest BCUT2D eigenvalue weighted by Gasteiger charge is -2.17. The summed E-state index contributed by atoms with van der Waals surface area (Å²) in [7, 11) is 4.25. The van der Waals surface area contributed by atoms with Gasteiger partial charge in [0.25, 0.3) is 0 Å². The summed E-state index contributed by atoms with van der Waals surface area (Å²) in [6, 6.07) is 8.73. The minimum Gasteiger partial charge on any atom is -0.346 e. The number of rotatable bonds is 4. The zero-order chi connectivity index (χ0) is 14.1. The van der Waals surface area contributed by atoms with Crippen molar-refractivity contribution in [1.82, 2.24) is 14.8 Å². The number of nitrogens with one attached hydrogen (secondary N) is 1. The highest BCUT2D eigenvalue weighted by molar-refractivity contribution is 5.85. The molecule has 2 aromatic rings. The highest BCUT2D eigenvalue weighted by atomic mass is 15.2. The smallest absolute Gasteiger partial charge is 0.0483 e. The summed E-state index contributed by atoms with van der Waals surface area (Å²) in [5.74, 6) is 0.815. The maximum absolute atomic E-state index is 3.31. The van der Waals surface area contributed by atoms with Gasteiger partial charge in [-0.05, 0) is 51.0 Å². The van der Waals surface area contributed by atoms with Gasteiger partial charge in [-0.3, -0.25) is 4.90 Å². The summed E-state index contributed by atoms with van der Waals surface area (Å²) in [4.78, 5) is 2.60. The van der Waals surface area contributed by atoms with Crippen LogP contribution < -0.4 is 5.32 Å². The molecular weight excluding hydrogens is 246 g/mol. The van der Waals surface area contributed by atoms with E-state index in [4.69, 9.17) is 0 Å². The molecule has 20 heavy (non-hydrogen) atoms. The van der Waals surface area contributed by atoms with Gasteiger partial charge in [0.05, 0.1) is 0 Å². The molecule has 1 aliphatic rings. The molecule has 0 radical (unpaired) electrons. The van der Waals surface area contributed by atoms with E-state index in [1.807, 2.05) is 0 Å². The Bertz CT molecular complexity index is 561. The van der Waals surface area contributed by atoms with E-state index in [1.54, 1.807) is 0 Å². The first kappa shape index (κ1) is 13.7. The second-order valence-corrected chi connectivity index (χ2v) is 6.10. The Labute approximate surface area is 121 Å². The van der Waals surface area contributed by atoms with Gasteiger partial charge in [-0.15, -0.1) is 0 Å². The van der Waals surface area contributed by atoms with E-state index >= 15 is 0 Å². The van der Waals surface area contributed by atoms with Crippen LogP contribution in [0, 0.1) is 12.8 Å². The first-order chi connectivity index (χ1) is 9.70. The second-order valence-electron chi connectivity index (χ2n) is 6.10. The molecule has 0 spiro atoms. The van der Waals surface area contributed by atoms with Crippen molar-refractivity contribution < 1.29 is 0 Å². The van der Waals surface area contributed by atoms with E-state index in [1.165, 1.54) is 41.7 Å². The molecule has 3 rings (SSSR count). The molecule has 0 saturated carbocycles. The van der Waals surface area contributed by atoms with Crippen LogP contribution in [0.4, 0.5) is 0 Å². The molecule has 0 aliphatic carbocycles. The van der Waals surface area contributed by atoms with Crippen LogP contribution in [0.2, 0.25) is 0 Å². The van der Waals surface area contributed by atoms with Gasteiger partial charge in [0, 0.05) is 36.7 Å². The van der Waals surface area contributed by atoms with Gasteiger partial charge >= 0.3 is 0 Å². The third-order valence-electron chi connectivity index (χ3n) is 4.74. The molecule has 1 aromatic heterocycles. The standard InChI is InChI=1S/C17H25N3/c1-13-15-6-4-5-7-16(15)19(3)17(13)12-20-9-8-14(11-20)10-18-2/h4-7,14,18H,8-12H2,1-3H3. The Morgan fingerprint density at radius 1 is 1.30 bits per heavy atom. The van der Waals surface area contributed by atoms with Crippen LogP contribution in [-0.2, 0) is 13.6 Å². The molecule has 1 N–H and O–H groups in total. The van der Waals surface area contributed by atoms with Crippen LogP contribution in [0.25, 0.3) is 10.9 Å². The van der Waals surface area contributed by atoms with E-state index in [-0.39, 0.29) is 0 Å². The number of aryl methyl sites for hydroxylation is 2. The van der Waals surface area contributed by atoms with Crippen LogP contribution >= 0.6 is 0 Å². The van der Waals surface area contributed by atoms with Gasteiger partial charge in [0.2, 0.25) is 0 Å². The third-order valence-corrected chi connectivity index (χ3v) is 4.74. The Balaban J connectivity index is 1.81. The Morgan fingerprint density at radius 2 is 2.10 bits per heavy atom. The minimum absolute atomic E-state index is 0.815. The summed E-state index contributed by atoms with van der Waals surface area (Å²) >= 11 is 0. The number of nitrogens with zero attached hydrogens (tertiary/aromatic N) is 2. The van der Waals surface area contributed by atoms with Crippen molar-refractivity contribution in [3.63, 3.8) is 0 Å². The molecule has 1 atom stereocenters. The molecule has 108 valence electrons. The molecule has 1 unspecified atom stereocenters. The predicted molar refractivity (Wildman–Crippen MR) is 85.0 cm³/mol. The lowest BCUT2D eigenvalue weighted by molar-refractivity contribution is 0.308. The summed E-state index contributed by atoms with van der Waals surface area (Å²) in [6.45, 7) is 6.94. The number of para-hydroxylation sites is 1. The topological polar surface area (TPSA) is 20.2 Å². The van der Waals surface area contributed by atoms with Crippen LogP contribution in [0.5, 0.6) is 0 Å². The van der Waals surface area contributed by atoms with Gasteiger partial charge < -0.3 is 9.88 Å². The van der Waals surface area contributed by atoms with Crippen molar-refractivity contribution in [3.05, 3.63) is 35.5 Å². The van der Waals surface area contributed by atoms with E-state index in [9.17, 15) is 0 Å². The minimum atomic E-state index is 0.815. The average molecular weight is 271 g/mol. The molecular formula is C17H25N3. The monoisotopic (exact) mass is 271 g/mol. The number of fused-ring (bicyclic) bond motifs is 1. The van der Waals surface area contributed by atoms with Gasteiger partial charge in [0.1, 0.15) is 0 Å². The van der Waals surface area contributed by atoms with Crippen molar-refractivity contribution in [2.75, 3.05) is 26.7 Å². The van der Waals surface area contributed by atoms with Crippen LogP contribution in [0.15, 0.2) is 24.3 Å². The Kier molecular flexibility index (Phi) is 3.81. The maximum Gasteiger partial charge on any atom is 0.0483 e. The number of aromatic nitrogens is 1. The molecule has 1 aromatic carbocycles. The Hall–Kier alpha value is -1.32. The summed E-state index contributed by atoms with van der Waals surface area (Å²) < 4.78 is 2.37. The van der Waals surface area contributed by atoms with Gasteiger partial charge in [-0.2, -0.15) is 0 Å². The molecule has 1 fully saturated rings. The van der Waals surface area contributed by atoms with E-state index in [0.29, 0.717) is 0 Å². The van der Waals surface area contributed by atoms with E-state index in [2.05, 4.69) is 60.1 Å². The fourth-order valence-electron chi connectivity index (χ4n) is 3.58. The number of hydrogen-bond acceptors (Lipinski definition) is 2. The maximum atomic E-state index is 3.31. The molecule has 1 saturated heterocycles. The number of benzene rings is 1. The third kappa shape index (κ3) is 2.36. The summed E-state index contributed by atoms with van der Waals surface area (Å²) in [5.41, 5.74) is 4.27. The number of likely N-dealkylation sites (tertiary alicyclic amines) is 1. The molecule has 1 aliphatic heterocycles. The van der Waals surface area contributed by atoms with Crippen molar-refractivity contribution >= 4 is 10.9 Å².